The third-order valence-electron chi connectivity index (χ3n) is 2.92. The molecular formula is C16H17BrClNO. The second-order valence-corrected chi connectivity index (χ2v) is 6.12. The van der Waals surface area contributed by atoms with Crippen LogP contribution in [0.3, 0.4) is 0 Å². The molecule has 0 amide bonds. The zero-order valence-electron chi connectivity index (χ0n) is 11.4. The van der Waals surface area contributed by atoms with Gasteiger partial charge in [-0.05, 0) is 53.5 Å². The van der Waals surface area contributed by atoms with Gasteiger partial charge < -0.3 is 10.5 Å². The summed E-state index contributed by atoms with van der Waals surface area (Å²) in [5.74, 6) is 0.814. The maximum absolute atomic E-state index is 6.36. The molecule has 2 nitrogen and oxygen atoms in total. The average molecular weight is 355 g/mol. The van der Waals surface area contributed by atoms with Gasteiger partial charge in [-0.15, -0.1) is 0 Å². The lowest BCUT2D eigenvalue weighted by molar-refractivity contribution is 0.239. The number of para-hydroxylation sites is 1. The highest BCUT2D eigenvalue weighted by Crippen LogP contribution is 2.32. The first-order valence-electron chi connectivity index (χ1n) is 6.45. The largest absolute Gasteiger partial charge is 0.491 e. The molecule has 1 atom stereocenters. The molecule has 0 bridgehead atoms. The molecule has 1 unspecified atom stereocenters. The lowest BCUT2D eigenvalue weighted by Gasteiger charge is -2.19. The van der Waals surface area contributed by atoms with E-state index in [2.05, 4.69) is 15.9 Å². The molecule has 20 heavy (non-hydrogen) atoms. The molecule has 2 aromatic rings. The van der Waals surface area contributed by atoms with E-state index < -0.39 is 0 Å². The van der Waals surface area contributed by atoms with Crippen LogP contribution in [0.5, 0.6) is 5.75 Å². The Hall–Kier alpha value is -1.03. The molecule has 0 aliphatic rings. The molecule has 0 saturated carbocycles. The smallest absolute Gasteiger partial charge is 0.124 e. The zero-order valence-corrected chi connectivity index (χ0v) is 13.8. The number of nitrogens with two attached hydrogens (primary N) is 1. The van der Waals surface area contributed by atoms with Crippen molar-refractivity contribution in [1.29, 1.82) is 0 Å². The fourth-order valence-electron chi connectivity index (χ4n) is 1.98. The molecule has 0 heterocycles. The van der Waals surface area contributed by atoms with E-state index in [1.54, 1.807) is 0 Å². The Morgan fingerprint density at radius 1 is 1.15 bits per heavy atom. The first kappa shape index (κ1) is 15.4. The van der Waals surface area contributed by atoms with Crippen molar-refractivity contribution in [2.45, 2.75) is 26.0 Å². The van der Waals surface area contributed by atoms with E-state index in [0.717, 1.165) is 21.3 Å². The van der Waals surface area contributed by atoms with Gasteiger partial charge in [-0.3, -0.25) is 0 Å². The molecule has 0 spiro atoms. The number of benzene rings is 2. The average Bonchev–Trinajstić information content (AvgIpc) is 2.41. The fraction of sp³-hybridized carbons (Fsp3) is 0.250. The van der Waals surface area contributed by atoms with Crippen LogP contribution < -0.4 is 10.5 Å². The van der Waals surface area contributed by atoms with Crippen LogP contribution in [0, 0.1) is 0 Å². The fourth-order valence-corrected chi connectivity index (χ4v) is 2.42. The molecule has 2 rings (SSSR count). The van der Waals surface area contributed by atoms with Gasteiger partial charge in [-0.25, -0.2) is 0 Å². The molecule has 0 saturated heterocycles. The maximum atomic E-state index is 6.36. The summed E-state index contributed by atoms with van der Waals surface area (Å²) < 4.78 is 6.68. The molecule has 2 aromatic carbocycles. The van der Waals surface area contributed by atoms with Gasteiger partial charge in [0.05, 0.1) is 17.2 Å². The Balaban J connectivity index is 2.37. The predicted molar refractivity (Wildman–Crippen MR) is 87.4 cm³/mol. The SMILES string of the molecule is CC(C)Oc1ccccc1C(N)c1ccc(Br)c(Cl)c1. The summed E-state index contributed by atoms with van der Waals surface area (Å²) in [5, 5.41) is 0.653. The van der Waals surface area contributed by atoms with Crippen molar-refractivity contribution < 1.29 is 4.74 Å². The Morgan fingerprint density at radius 2 is 1.85 bits per heavy atom. The van der Waals surface area contributed by atoms with Gasteiger partial charge >= 0.3 is 0 Å². The quantitative estimate of drug-likeness (QED) is 0.844. The van der Waals surface area contributed by atoms with E-state index in [1.165, 1.54) is 0 Å². The van der Waals surface area contributed by atoms with Gasteiger partial charge in [0, 0.05) is 10.0 Å². The van der Waals surface area contributed by atoms with Gasteiger partial charge in [0.25, 0.3) is 0 Å². The number of hydrogen-bond donors (Lipinski definition) is 1. The van der Waals surface area contributed by atoms with Crippen molar-refractivity contribution in [3.8, 4) is 5.75 Å². The van der Waals surface area contributed by atoms with Crippen LogP contribution in [0.2, 0.25) is 5.02 Å². The third-order valence-corrected chi connectivity index (χ3v) is 4.15. The van der Waals surface area contributed by atoms with E-state index in [9.17, 15) is 0 Å². The minimum Gasteiger partial charge on any atom is -0.491 e. The summed E-state index contributed by atoms with van der Waals surface area (Å²) in [5.41, 5.74) is 8.27. The van der Waals surface area contributed by atoms with Crippen molar-refractivity contribution in [2.24, 2.45) is 5.73 Å². The summed E-state index contributed by atoms with van der Waals surface area (Å²) in [4.78, 5) is 0. The second-order valence-electron chi connectivity index (χ2n) is 4.86. The Labute approximate surface area is 133 Å². The zero-order chi connectivity index (χ0) is 14.7. The van der Waals surface area contributed by atoms with Gasteiger partial charge in [0.15, 0.2) is 0 Å². The molecule has 0 aliphatic carbocycles. The number of halogens is 2. The summed E-state index contributed by atoms with van der Waals surface area (Å²) in [6, 6.07) is 13.3. The maximum Gasteiger partial charge on any atom is 0.124 e. The summed E-state index contributed by atoms with van der Waals surface area (Å²) in [6.45, 7) is 4.00. The number of hydrogen-bond acceptors (Lipinski definition) is 2. The van der Waals surface area contributed by atoms with E-state index in [-0.39, 0.29) is 12.1 Å². The van der Waals surface area contributed by atoms with Crippen LogP contribution in [-0.4, -0.2) is 6.10 Å². The van der Waals surface area contributed by atoms with Crippen molar-refractivity contribution >= 4 is 27.5 Å². The molecule has 0 aliphatic heterocycles. The lowest BCUT2D eigenvalue weighted by atomic mass is 9.99. The van der Waals surface area contributed by atoms with Crippen molar-refractivity contribution in [2.75, 3.05) is 0 Å². The topological polar surface area (TPSA) is 35.2 Å². The van der Waals surface area contributed by atoms with Crippen LogP contribution in [0.4, 0.5) is 0 Å². The predicted octanol–water partition coefficient (Wildman–Crippen LogP) is 4.94. The Morgan fingerprint density at radius 3 is 2.50 bits per heavy atom. The molecule has 106 valence electrons. The molecular weight excluding hydrogens is 338 g/mol. The molecule has 2 N–H and O–H groups in total. The van der Waals surface area contributed by atoms with Crippen LogP contribution in [-0.2, 0) is 0 Å². The monoisotopic (exact) mass is 353 g/mol. The first-order valence-corrected chi connectivity index (χ1v) is 7.62. The van der Waals surface area contributed by atoms with Crippen LogP contribution in [0.25, 0.3) is 0 Å². The standard InChI is InChI=1S/C16H17BrClNO/c1-10(2)20-15-6-4-3-5-12(15)16(19)11-7-8-13(17)14(18)9-11/h3-10,16H,19H2,1-2H3. The lowest BCUT2D eigenvalue weighted by Crippen LogP contribution is -2.15. The molecule has 0 aromatic heterocycles. The first-order chi connectivity index (χ1) is 9.49. The molecule has 4 heteroatoms. The van der Waals surface area contributed by atoms with Crippen molar-refractivity contribution in [1.82, 2.24) is 0 Å². The second kappa shape index (κ2) is 6.61. The van der Waals surface area contributed by atoms with Crippen LogP contribution >= 0.6 is 27.5 Å². The van der Waals surface area contributed by atoms with Crippen molar-refractivity contribution in [3.63, 3.8) is 0 Å². The van der Waals surface area contributed by atoms with Crippen LogP contribution in [0.15, 0.2) is 46.9 Å². The Kier molecular flexibility index (Phi) is 5.08. The van der Waals surface area contributed by atoms with E-state index in [1.807, 2.05) is 56.3 Å². The highest BCUT2D eigenvalue weighted by atomic mass is 79.9. The highest BCUT2D eigenvalue weighted by Gasteiger charge is 2.15. The highest BCUT2D eigenvalue weighted by molar-refractivity contribution is 9.10. The normalized spacial score (nSPS) is 12.5. The Bertz CT molecular complexity index is 601. The van der Waals surface area contributed by atoms with Gasteiger partial charge in [-0.2, -0.15) is 0 Å². The number of ether oxygens (including phenoxy) is 1. The minimum atomic E-state index is -0.268. The van der Waals surface area contributed by atoms with Gasteiger partial charge in [0.1, 0.15) is 5.75 Å². The van der Waals surface area contributed by atoms with E-state index in [4.69, 9.17) is 22.1 Å². The summed E-state index contributed by atoms with van der Waals surface area (Å²) in [7, 11) is 0. The van der Waals surface area contributed by atoms with Gasteiger partial charge in [-0.1, -0.05) is 35.9 Å². The third kappa shape index (κ3) is 3.54. The van der Waals surface area contributed by atoms with E-state index in [0.29, 0.717) is 5.02 Å². The number of rotatable bonds is 4. The summed E-state index contributed by atoms with van der Waals surface area (Å²) in [6.07, 6.45) is 0.108. The van der Waals surface area contributed by atoms with E-state index >= 15 is 0 Å². The minimum absolute atomic E-state index is 0.108. The van der Waals surface area contributed by atoms with Gasteiger partial charge in [0.2, 0.25) is 0 Å². The molecule has 0 radical (unpaired) electrons. The van der Waals surface area contributed by atoms with Crippen molar-refractivity contribution in [3.05, 3.63) is 63.1 Å². The molecule has 0 fully saturated rings. The van der Waals surface area contributed by atoms with Crippen LogP contribution in [0.1, 0.15) is 31.0 Å². The summed E-state index contributed by atoms with van der Waals surface area (Å²) >= 11 is 9.52.